The Labute approximate surface area is 132 Å². The van der Waals surface area contributed by atoms with E-state index in [1.54, 1.807) is 4.90 Å². The normalized spacial score (nSPS) is 21.4. The lowest BCUT2D eigenvalue weighted by Gasteiger charge is -2.23. The van der Waals surface area contributed by atoms with E-state index in [-0.39, 0.29) is 19.1 Å². The molecule has 0 bridgehead atoms. The molecule has 0 radical (unpaired) electrons. The highest BCUT2D eigenvalue weighted by atomic mass is 32.1. The van der Waals surface area contributed by atoms with Gasteiger partial charge in [0.15, 0.2) is 0 Å². The van der Waals surface area contributed by atoms with Crippen molar-refractivity contribution < 1.29 is 19.4 Å². The van der Waals surface area contributed by atoms with Crippen molar-refractivity contribution in [3.8, 4) is 0 Å². The third kappa shape index (κ3) is 2.38. The Kier molecular flexibility index (Phi) is 3.88. The second kappa shape index (κ2) is 5.70. The molecule has 1 aliphatic heterocycles. The lowest BCUT2D eigenvalue weighted by Crippen LogP contribution is -2.40. The van der Waals surface area contributed by atoms with Gasteiger partial charge in [0, 0.05) is 35.7 Å². The summed E-state index contributed by atoms with van der Waals surface area (Å²) in [5, 5.41) is 12.3. The molecule has 2 aromatic rings. The summed E-state index contributed by atoms with van der Waals surface area (Å²) in [6, 6.07) is 7.75. The smallest absolute Gasteiger partial charge is 0.313 e. The Morgan fingerprint density at radius 2 is 2.18 bits per heavy atom. The second-order valence-electron chi connectivity index (χ2n) is 5.64. The Hall–Kier alpha value is -1.92. The van der Waals surface area contributed by atoms with E-state index >= 15 is 0 Å². The molecule has 1 unspecified atom stereocenters. The van der Waals surface area contributed by atoms with Gasteiger partial charge in [0.1, 0.15) is 5.41 Å². The van der Waals surface area contributed by atoms with Gasteiger partial charge in [-0.05, 0) is 12.5 Å². The molecule has 5 nitrogen and oxygen atoms in total. The number of ether oxygens (including phenoxy) is 1. The summed E-state index contributed by atoms with van der Waals surface area (Å²) in [5.41, 5.74) is -0.338. The molecule has 22 heavy (non-hydrogen) atoms. The van der Waals surface area contributed by atoms with E-state index in [1.165, 1.54) is 18.4 Å². The van der Waals surface area contributed by atoms with Crippen molar-refractivity contribution in [1.29, 1.82) is 0 Å². The Morgan fingerprint density at radius 3 is 2.91 bits per heavy atom. The minimum atomic E-state index is -0.990. The fraction of sp³-hybridized carbons (Fsp3) is 0.375. The number of hydrogen-bond donors (Lipinski definition) is 1. The van der Waals surface area contributed by atoms with Crippen LogP contribution in [0.4, 0.5) is 0 Å². The van der Waals surface area contributed by atoms with Gasteiger partial charge in [-0.15, -0.1) is 11.3 Å². The molecular weight excluding hydrogens is 302 g/mol. The largest absolute Gasteiger partial charge is 0.481 e. The highest BCUT2D eigenvalue weighted by Gasteiger charge is 2.46. The zero-order chi connectivity index (χ0) is 15.7. The first-order chi connectivity index (χ1) is 10.6. The van der Waals surface area contributed by atoms with Crippen molar-refractivity contribution in [2.45, 2.75) is 6.42 Å². The molecule has 1 aromatic carbocycles. The lowest BCUT2D eigenvalue weighted by atomic mass is 9.88. The molecule has 1 atom stereocenters. The van der Waals surface area contributed by atoms with Crippen molar-refractivity contribution in [3.63, 3.8) is 0 Å². The van der Waals surface area contributed by atoms with Crippen LogP contribution in [-0.4, -0.2) is 48.7 Å². The number of methoxy groups -OCH3 is 1. The van der Waals surface area contributed by atoms with Gasteiger partial charge in [0.05, 0.1) is 12.2 Å². The summed E-state index contributed by atoms with van der Waals surface area (Å²) in [4.78, 5) is 25.9. The van der Waals surface area contributed by atoms with Crippen molar-refractivity contribution in [1.82, 2.24) is 4.90 Å². The maximum atomic E-state index is 12.7. The predicted molar refractivity (Wildman–Crippen MR) is 84.3 cm³/mol. The van der Waals surface area contributed by atoms with E-state index in [0.29, 0.717) is 18.5 Å². The molecule has 1 N–H and O–H groups in total. The average Bonchev–Trinajstić information content (AvgIpc) is 3.12. The molecule has 1 aromatic heterocycles. The summed E-state index contributed by atoms with van der Waals surface area (Å²) in [7, 11) is 1.49. The highest BCUT2D eigenvalue weighted by molar-refractivity contribution is 7.17. The van der Waals surface area contributed by atoms with E-state index in [1.807, 2.05) is 29.6 Å². The first-order valence-electron chi connectivity index (χ1n) is 7.05. The standard InChI is InChI=1S/C16H17NO4S/c1-21-10-16(15(19)20)6-7-17(9-16)14(18)12-8-22-13-5-3-2-4-11(12)13/h2-5,8H,6-7,9-10H2,1H3,(H,19,20). The van der Waals surface area contributed by atoms with Crippen LogP contribution in [0, 0.1) is 5.41 Å². The van der Waals surface area contributed by atoms with Gasteiger partial charge >= 0.3 is 5.97 Å². The van der Waals surface area contributed by atoms with Gasteiger partial charge in [-0.1, -0.05) is 18.2 Å². The third-order valence-corrected chi connectivity index (χ3v) is 5.19. The van der Waals surface area contributed by atoms with Crippen molar-refractivity contribution >= 4 is 33.3 Å². The van der Waals surface area contributed by atoms with Crippen LogP contribution in [0.3, 0.4) is 0 Å². The van der Waals surface area contributed by atoms with Crippen LogP contribution in [-0.2, 0) is 9.53 Å². The zero-order valence-corrected chi connectivity index (χ0v) is 13.1. The number of carbonyl (C=O) groups excluding carboxylic acids is 1. The number of amides is 1. The number of thiophene rings is 1. The predicted octanol–water partition coefficient (Wildman–Crippen LogP) is 2.46. The van der Waals surface area contributed by atoms with E-state index < -0.39 is 11.4 Å². The summed E-state index contributed by atoms with van der Waals surface area (Å²) in [6.07, 6.45) is 0.421. The number of benzene rings is 1. The number of nitrogens with zero attached hydrogens (tertiary/aromatic N) is 1. The summed E-state index contributed by atoms with van der Waals surface area (Å²) < 4.78 is 6.12. The number of carboxylic acid groups (broad SMARTS) is 1. The molecule has 1 aliphatic rings. The number of likely N-dealkylation sites (tertiary alicyclic amines) is 1. The first-order valence-corrected chi connectivity index (χ1v) is 7.93. The van der Waals surface area contributed by atoms with Crippen molar-refractivity contribution in [2.75, 3.05) is 26.8 Å². The number of hydrogen-bond acceptors (Lipinski definition) is 4. The van der Waals surface area contributed by atoms with Crippen molar-refractivity contribution in [3.05, 3.63) is 35.2 Å². The first kappa shape index (κ1) is 15.0. The molecule has 2 heterocycles. The molecule has 0 spiro atoms. The van der Waals surface area contributed by atoms with Crippen LogP contribution < -0.4 is 0 Å². The summed E-state index contributed by atoms with van der Waals surface area (Å²) in [6.45, 7) is 0.758. The van der Waals surface area contributed by atoms with E-state index in [2.05, 4.69) is 0 Å². The third-order valence-electron chi connectivity index (χ3n) is 4.23. The maximum absolute atomic E-state index is 12.7. The number of aliphatic carboxylic acids is 1. The van der Waals surface area contributed by atoms with E-state index in [9.17, 15) is 14.7 Å². The fourth-order valence-corrected chi connectivity index (χ4v) is 3.92. The van der Waals surface area contributed by atoms with Gasteiger partial charge in [-0.25, -0.2) is 0 Å². The number of carboxylic acids is 1. The van der Waals surface area contributed by atoms with E-state index in [4.69, 9.17) is 4.74 Å². The van der Waals surface area contributed by atoms with Crippen LogP contribution >= 0.6 is 11.3 Å². The topological polar surface area (TPSA) is 66.8 Å². The number of fused-ring (bicyclic) bond motifs is 1. The fourth-order valence-electron chi connectivity index (χ4n) is 2.99. The summed E-state index contributed by atoms with van der Waals surface area (Å²) >= 11 is 1.53. The average molecular weight is 319 g/mol. The van der Waals surface area contributed by atoms with Crippen molar-refractivity contribution in [2.24, 2.45) is 5.41 Å². The number of carbonyl (C=O) groups is 2. The highest BCUT2D eigenvalue weighted by Crippen LogP contribution is 2.34. The maximum Gasteiger partial charge on any atom is 0.313 e. The SMILES string of the molecule is COCC1(C(=O)O)CCN(C(=O)c2csc3ccccc23)C1. The molecule has 3 rings (SSSR count). The van der Waals surface area contributed by atoms with Crippen LogP contribution in [0.1, 0.15) is 16.8 Å². The number of rotatable bonds is 4. The van der Waals surface area contributed by atoms with Crippen LogP contribution in [0.15, 0.2) is 29.6 Å². The minimum Gasteiger partial charge on any atom is -0.481 e. The van der Waals surface area contributed by atoms with Gasteiger partial charge < -0.3 is 14.7 Å². The molecule has 116 valence electrons. The minimum absolute atomic E-state index is 0.100. The molecule has 0 saturated carbocycles. The lowest BCUT2D eigenvalue weighted by molar-refractivity contribution is -0.151. The van der Waals surface area contributed by atoms with Crippen LogP contribution in [0.5, 0.6) is 0 Å². The molecule has 1 saturated heterocycles. The van der Waals surface area contributed by atoms with Crippen LogP contribution in [0.2, 0.25) is 0 Å². The Balaban J connectivity index is 1.86. The van der Waals surface area contributed by atoms with Gasteiger partial charge in [-0.2, -0.15) is 0 Å². The quantitative estimate of drug-likeness (QED) is 0.940. The Bertz CT molecular complexity index is 726. The second-order valence-corrected chi connectivity index (χ2v) is 6.55. The molecule has 0 aliphatic carbocycles. The van der Waals surface area contributed by atoms with Gasteiger partial charge in [-0.3, -0.25) is 9.59 Å². The molecular formula is C16H17NO4S. The molecule has 1 amide bonds. The van der Waals surface area contributed by atoms with Gasteiger partial charge in [0.2, 0.25) is 0 Å². The zero-order valence-electron chi connectivity index (χ0n) is 12.2. The Morgan fingerprint density at radius 1 is 1.41 bits per heavy atom. The monoisotopic (exact) mass is 319 g/mol. The van der Waals surface area contributed by atoms with Crippen LogP contribution in [0.25, 0.3) is 10.1 Å². The summed E-state index contributed by atoms with van der Waals surface area (Å²) in [5.74, 6) is -1.00. The van der Waals surface area contributed by atoms with Gasteiger partial charge in [0.25, 0.3) is 5.91 Å². The molecule has 1 fully saturated rings. The van der Waals surface area contributed by atoms with E-state index in [0.717, 1.165) is 10.1 Å². The molecule has 6 heteroatoms.